The zero-order chi connectivity index (χ0) is 8.97. The van der Waals surface area contributed by atoms with E-state index in [1.165, 1.54) is 25.3 Å². The minimum absolute atomic E-state index is 0.392. The van der Waals surface area contributed by atoms with Crippen LogP contribution in [-0.4, -0.2) is 29.8 Å². The number of hydrogen-bond acceptors (Lipinski definition) is 2. The lowest BCUT2D eigenvalue weighted by Gasteiger charge is -2.33. The lowest BCUT2D eigenvalue weighted by Crippen LogP contribution is -2.37. The summed E-state index contributed by atoms with van der Waals surface area (Å²) in [4.78, 5) is 12.6. The number of likely N-dealkylation sites (N-methyl/N-ethyl adjacent to an activating group) is 1. The molecule has 3 heteroatoms. The summed E-state index contributed by atoms with van der Waals surface area (Å²) in [5.74, 6) is 0. The average Bonchev–Trinajstić information content (AvgIpc) is 1.81. The first-order valence-electron chi connectivity index (χ1n) is 4.26. The molecule has 0 heterocycles. The number of nitrogens with zero attached hydrogens (tertiary/aromatic N) is 1. The molecule has 0 aromatic heterocycles. The van der Waals surface area contributed by atoms with Gasteiger partial charge in [0.15, 0.2) is 0 Å². The molecule has 0 radical (unpaired) electrons. The van der Waals surface area contributed by atoms with Crippen LogP contribution >= 0.6 is 11.6 Å². The molecule has 0 spiro atoms. The van der Waals surface area contributed by atoms with E-state index in [-0.39, 0.29) is 0 Å². The summed E-state index contributed by atoms with van der Waals surface area (Å²) in [7, 11) is 2.08. The Kier molecular flexibility index (Phi) is 3.76. The maximum absolute atomic E-state index is 10.3. The zero-order valence-electron chi connectivity index (χ0n) is 7.29. The van der Waals surface area contributed by atoms with Crippen LogP contribution in [0.25, 0.3) is 0 Å². The highest BCUT2D eigenvalue weighted by molar-refractivity contribution is 6.66. The first-order chi connectivity index (χ1) is 5.70. The Morgan fingerprint density at radius 3 is 2.75 bits per heavy atom. The van der Waals surface area contributed by atoms with E-state index in [9.17, 15) is 4.79 Å². The maximum atomic E-state index is 10.3. The molecule has 1 aliphatic rings. The van der Waals surface area contributed by atoms with Crippen molar-refractivity contribution in [3.63, 3.8) is 0 Å². The van der Waals surface area contributed by atoms with Gasteiger partial charge in [-0.1, -0.05) is 12.5 Å². The fraction of sp³-hybridized carbons (Fsp3) is 0.667. The molecule has 0 atom stereocenters. The minimum Gasteiger partial charge on any atom is -0.300 e. The molecule has 0 unspecified atom stereocenters. The predicted octanol–water partition coefficient (Wildman–Crippen LogP) is 1.79. The Bertz CT molecular complexity index is 187. The molecule has 0 bridgehead atoms. The number of carbonyl (C=O) groups is 1. The van der Waals surface area contributed by atoms with E-state index in [4.69, 9.17) is 11.6 Å². The van der Waals surface area contributed by atoms with Crippen molar-refractivity contribution in [1.29, 1.82) is 0 Å². The molecule has 12 heavy (non-hydrogen) atoms. The third-order valence-corrected chi connectivity index (χ3v) is 2.47. The molecule has 0 saturated heterocycles. The van der Waals surface area contributed by atoms with Crippen molar-refractivity contribution < 1.29 is 4.79 Å². The van der Waals surface area contributed by atoms with E-state index in [2.05, 4.69) is 11.9 Å². The molecule has 0 aromatic rings. The third kappa shape index (κ3) is 2.95. The van der Waals surface area contributed by atoms with Gasteiger partial charge in [-0.2, -0.15) is 0 Å². The summed E-state index contributed by atoms with van der Waals surface area (Å²) >= 11 is 5.14. The van der Waals surface area contributed by atoms with Crippen LogP contribution in [0.1, 0.15) is 19.3 Å². The summed E-state index contributed by atoms with van der Waals surface area (Å²) in [6.45, 7) is 0.823. The topological polar surface area (TPSA) is 20.3 Å². The van der Waals surface area contributed by atoms with Gasteiger partial charge < -0.3 is 0 Å². The SMILES string of the molecule is CN(C/C=C/C(=O)Cl)C1CCC1. The predicted molar refractivity (Wildman–Crippen MR) is 50.3 cm³/mol. The lowest BCUT2D eigenvalue weighted by molar-refractivity contribution is -0.107. The highest BCUT2D eigenvalue weighted by Crippen LogP contribution is 2.22. The van der Waals surface area contributed by atoms with E-state index in [0.29, 0.717) is 0 Å². The van der Waals surface area contributed by atoms with Crippen LogP contribution in [0, 0.1) is 0 Å². The van der Waals surface area contributed by atoms with Crippen LogP contribution in [0.15, 0.2) is 12.2 Å². The molecule has 1 rings (SSSR count). The average molecular weight is 188 g/mol. The molecule has 0 aromatic carbocycles. The van der Waals surface area contributed by atoms with E-state index < -0.39 is 5.24 Å². The zero-order valence-corrected chi connectivity index (χ0v) is 8.05. The van der Waals surface area contributed by atoms with Crippen molar-refractivity contribution in [3.8, 4) is 0 Å². The van der Waals surface area contributed by atoms with Crippen LogP contribution < -0.4 is 0 Å². The molecule has 1 saturated carbocycles. The van der Waals surface area contributed by atoms with E-state index in [1.54, 1.807) is 0 Å². The van der Waals surface area contributed by atoms with Crippen molar-refractivity contribution in [2.45, 2.75) is 25.3 Å². The van der Waals surface area contributed by atoms with Gasteiger partial charge >= 0.3 is 0 Å². The molecular formula is C9H14ClNO. The number of allylic oxidation sites excluding steroid dienone is 1. The highest BCUT2D eigenvalue weighted by atomic mass is 35.5. The monoisotopic (exact) mass is 187 g/mol. The van der Waals surface area contributed by atoms with Gasteiger partial charge in [-0.15, -0.1) is 0 Å². The fourth-order valence-electron chi connectivity index (χ4n) is 1.29. The number of rotatable bonds is 4. The smallest absolute Gasteiger partial charge is 0.244 e. The molecule has 0 amide bonds. The number of carbonyl (C=O) groups excluding carboxylic acids is 1. The molecule has 2 nitrogen and oxygen atoms in total. The Balaban J connectivity index is 2.17. The standard InChI is InChI=1S/C9H14ClNO/c1-11(8-4-2-5-8)7-3-6-9(10)12/h3,6,8H,2,4-5,7H2,1H3/b6-3+. The van der Waals surface area contributed by atoms with Crippen LogP contribution in [0.2, 0.25) is 0 Å². The van der Waals surface area contributed by atoms with Gasteiger partial charge in [-0.05, 0) is 37.6 Å². The normalized spacial score (nSPS) is 18.6. The second-order valence-corrected chi connectivity index (χ2v) is 3.60. The van der Waals surface area contributed by atoms with Crippen LogP contribution in [0.4, 0.5) is 0 Å². The minimum atomic E-state index is -0.392. The van der Waals surface area contributed by atoms with Gasteiger partial charge in [-0.3, -0.25) is 9.69 Å². The second kappa shape index (κ2) is 4.63. The summed E-state index contributed by atoms with van der Waals surface area (Å²) in [6, 6.07) is 0.722. The van der Waals surface area contributed by atoms with E-state index in [0.717, 1.165) is 12.6 Å². The Labute approximate surface area is 78.2 Å². The van der Waals surface area contributed by atoms with Gasteiger partial charge in [0, 0.05) is 12.6 Å². The number of halogens is 1. The molecule has 1 aliphatic carbocycles. The van der Waals surface area contributed by atoms with Gasteiger partial charge in [0.2, 0.25) is 5.24 Å². The van der Waals surface area contributed by atoms with Crippen molar-refractivity contribution in [2.24, 2.45) is 0 Å². The molecule has 0 aliphatic heterocycles. The van der Waals surface area contributed by atoms with Gasteiger partial charge in [-0.25, -0.2) is 0 Å². The first kappa shape index (κ1) is 9.75. The maximum Gasteiger partial charge on any atom is 0.244 e. The Morgan fingerprint density at radius 1 is 1.67 bits per heavy atom. The Morgan fingerprint density at radius 2 is 2.33 bits per heavy atom. The van der Waals surface area contributed by atoms with Crippen molar-refractivity contribution in [3.05, 3.63) is 12.2 Å². The molecule has 1 fully saturated rings. The van der Waals surface area contributed by atoms with Crippen molar-refractivity contribution >= 4 is 16.8 Å². The van der Waals surface area contributed by atoms with Gasteiger partial charge in [0.05, 0.1) is 0 Å². The highest BCUT2D eigenvalue weighted by Gasteiger charge is 2.20. The third-order valence-electron chi connectivity index (χ3n) is 2.34. The van der Waals surface area contributed by atoms with Crippen molar-refractivity contribution in [1.82, 2.24) is 4.90 Å². The quantitative estimate of drug-likeness (QED) is 0.494. The van der Waals surface area contributed by atoms with Crippen LogP contribution in [0.3, 0.4) is 0 Å². The van der Waals surface area contributed by atoms with Gasteiger partial charge in [0.25, 0.3) is 0 Å². The fourth-order valence-corrected chi connectivity index (χ4v) is 1.38. The number of hydrogen-bond donors (Lipinski definition) is 0. The first-order valence-corrected chi connectivity index (χ1v) is 4.64. The largest absolute Gasteiger partial charge is 0.300 e. The van der Waals surface area contributed by atoms with E-state index >= 15 is 0 Å². The summed E-state index contributed by atoms with van der Waals surface area (Å²) in [5.41, 5.74) is 0. The lowest BCUT2D eigenvalue weighted by atomic mass is 9.92. The summed E-state index contributed by atoms with van der Waals surface area (Å²) < 4.78 is 0. The Hall–Kier alpha value is -0.340. The van der Waals surface area contributed by atoms with Crippen molar-refractivity contribution in [2.75, 3.05) is 13.6 Å². The molecule has 68 valence electrons. The van der Waals surface area contributed by atoms with E-state index in [1.807, 2.05) is 6.08 Å². The molecular weight excluding hydrogens is 174 g/mol. The second-order valence-electron chi connectivity index (χ2n) is 3.23. The van der Waals surface area contributed by atoms with Crippen LogP contribution in [0.5, 0.6) is 0 Å². The molecule has 0 N–H and O–H groups in total. The van der Waals surface area contributed by atoms with Crippen LogP contribution in [-0.2, 0) is 4.79 Å². The summed E-state index contributed by atoms with van der Waals surface area (Å²) in [5, 5.41) is -0.392. The summed E-state index contributed by atoms with van der Waals surface area (Å²) in [6.07, 6.45) is 7.15. The van der Waals surface area contributed by atoms with Gasteiger partial charge in [0.1, 0.15) is 0 Å².